The minimum absolute atomic E-state index is 0.00416. The van der Waals surface area contributed by atoms with Crippen molar-refractivity contribution in [2.45, 2.75) is 10.1 Å². The molecular formula is C11H9N7OS. The predicted octanol–water partition coefficient (Wildman–Crippen LogP) is 0.994. The van der Waals surface area contributed by atoms with Crippen LogP contribution in [-0.4, -0.2) is 36.0 Å². The largest absolute Gasteiger partial charge is 0.409 e. The van der Waals surface area contributed by atoms with E-state index in [1.165, 1.54) is 18.1 Å². The standard InChI is InChI=1S/C11H9N7OS/c12-8(18-19)6-2-1-3-13-10(6)20-11-7-9(15-4-14-7)16-5-17-11/h1-5,19H,(H2,12,18)(H,14,15,16,17). The van der Waals surface area contributed by atoms with Gasteiger partial charge < -0.3 is 15.9 Å². The fraction of sp³-hybridized carbons (Fsp3) is 0. The zero-order valence-electron chi connectivity index (χ0n) is 10.1. The van der Waals surface area contributed by atoms with Gasteiger partial charge in [-0.05, 0) is 23.9 Å². The van der Waals surface area contributed by atoms with Crippen molar-refractivity contribution < 1.29 is 5.21 Å². The van der Waals surface area contributed by atoms with E-state index in [9.17, 15) is 0 Å². The second-order valence-corrected chi connectivity index (χ2v) is 4.70. The number of nitrogens with zero attached hydrogens (tertiary/aromatic N) is 5. The Balaban J connectivity index is 2.06. The van der Waals surface area contributed by atoms with E-state index in [2.05, 4.69) is 30.1 Å². The molecule has 0 spiro atoms. The summed E-state index contributed by atoms with van der Waals surface area (Å²) in [5.74, 6) is -0.00416. The molecule has 9 heteroatoms. The van der Waals surface area contributed by atoms with Gasteiger partial charge in [-0.1, -0.05) is 5.16 Å². The maximum absolute atomic E-state index is 8.80. The van der Waals surface area contributed by atoms with Crippen LogP contribution in [0.2, 0.25) is 0 Å². The lowest BCUT2D eigenvalue weighted by Gasteiger charge is -2.06. The number of pyridine rings is 1. The molecule has 0 aliphatic carbocycles. The molecule has 0 saturated heterocycles. The molecule has 100 valence electrons. The highest BCUT2D eigenvalue weighted by molar-refractivity contribution is 7.99. The van der Waals surface area contributed by atoms with Crippen LogP contribution in [0.1, 0.15) is 5.56 Å². The van der Waals surface area contributed by atoms with Crippen LogP contribution < -0.4 is 5.73 Å². The summed E-state index contributed by atoms with van der Waals surface area (Å²) in [6.45, 7) is 0. The van der Waals surface area contributed by atoms with Gasteiger partial charge in [0.25, 0.3) is 0 Å². The molecule has 0 radical (unpaired) electrons. The second kappa shape index (κ2) is 5.13. The summed E-state index contributed by atoms with van der Waals surface area (Å²) in [6.07, 6.45) is 4.60. The summed E-state index contributed by atoms with van der Waals surface area (Å²) < 4.78 is 0. The maximum atomic E-state index is 8.80. The molecule has 0 unspecified atom stereocenters. The van der Waals surface area contributed by atoms with E-state index in [-0.39, 0.29) is 5.84 Å². The van der Waals surface area contributed by atoms with Crippen molar-refractivity contribution in [2.24, 2.45) is 10.9 Å². The van der Waals surface area contributed by atoms with E-state index < -0.39 is 0 Å². The second-order valence-electron chi connectivity index (χ2n) is 3.72. The normalized spacial score (nSPS) is 11.9. The van der Waals surface area contributed by atoms with Crippen molar-refractivity contribution >= 4 is 28.8 Å². The fourth-order valence-corrected chi connectivity index (χ4v) is 2.56. The number of imidazole rings is 1. The van der Waals surface area contributed by atoms with Crippen molar-refractivity contribution in [2.75, 3.05) is 0 Å². The van der Waals surface area contributed by atoms with Crippen LogP contribution in [-0.2, 0) is 0 Å². The minimum Gasteiger partial charge on any atom is -0.409 e. The van der Waals surface area contributed by atoms with Gasteiger partial charge in [0.15, 0.2) is 11.5 Å². The third-order valence-corrected chi connectivity index (χ3v) is 3.56. The number of aromatic amines is 1. The fourth-order valence-electron chi connectivity index (χ4n) is 1.63. The summed E-state index contributed by atoms with van der Waals surface area (Å²) in [4.78, 5) is 19.5. The molecule has 0 bridgehead atoms. The van der Waals surface area contributed by atoms with E-state index in [1.807, 2.05) is 0 Å². The van der Waals surface area contributed by atoms with Crippen LogP contribution in [0.5, 0.6) is 0 Å². The number of hydrogen-bond donors (Lipinski definition) is 3. The van der Waals surface area contributed by atoms with Crippen molar-refractivity contribution in [3.63, 3.8) is 0 Å². The first-order valence-corrected chi connectivity index (χ1v) is 6.36. The van der Waals surface area contributed by atoms with E-state index in [0.717, 1.165) is 0 Å². The number of nitrogens with two attached hydrogens (primary N) is 1. The topological polar surface area (TPSA) is 126 Å². The highest BCUT2D eigenvalue weighted by Crippen LogP contribution is 2.30. The summed E-state index contributed by atoms with van der Waals surface area (Å²) in [5, 5.41) is 13.0. The first kappa shape index (κ1) is 12.4. The molecule has 0 fully saturated rings. The van der Waals surface area contributed by atoms with Crippen molar-refractivity contribution in [3.8, 4) is 0 Å². The van der Waals surface area contributed by atoms with Crippen molar-refractivity contribution in [1.82, 2.24) is 24.9 Å². The van der Waals surface area contributed by atoms with Gasteiger partial charge in [-0.25, -0.2) is 19.9 Å². The Morgan fingerprint density at radius 2 is 2.15 bits per heavy atom. The Morgan fingerprint density at radius 1 is 1.25 bits per heavy atom. The maximum Gasteiger partial charge on any atom is 0.181 e. The molecule has 0 saturated carbocycles. The van der Waals surface area contributed by atoms with Crippen LogP contribution in [0.4, 0.5) is 0 Å². The van der Waals surface area contributed by atoms with Crippen molar-refractivity contribution in [1.29, 1.82) is 0 Å². The lowest BCUT2D eigenvalue weighted by atomic mass is 10.3. The van der Waals surface area contributed by atoms with E-state index in [1.54, 1.807) is 24.7 Å². The first-order chi connectivity index (χ1) is 9.79. The van der Waals surface area contributed by atoms with Crippen LogP contribution in [0.25, 0.3) is 11.2 Å². The smallest absolute Gasteiger partial charge is 0.181 e. The third kappa shape index (κ3) is 2.14. The Morgan fingerprint density at radius 3 is 3.00 bits per heavy atom. The highest BCUT2D eigenvalue weighted by Gasteiger charge is 2.13. The van der Waals surface area contributed by atoms with Crippen molar-refractivity contribution in [3.05, 3.63) is 36.5 Å². The highest BCUT2D eigenvalue weighted by atomic mass is 32.2. The van der Waals surface area contributed by atoms with Crippen LogP contribution in [0, 0.1) is 0 Å². The van der Waals surface area contributed by atoms with E-state index >= 15 is 0 Å². The molecule has 3 aromatic rings. The number of H-pyrrole nitrogens is 1. The van der Waals surface area contributed by atoms with Gasteiger partial charge in [0, 0.05) is 6.20 Å². The zero-order chi connectivity index (χ0) is 13.9. The molecule has 0 aliphatic heterocycles. The lowest BCUT2D eigenvalue weighted by Crippen LogP contribution is -2.14. The molecule has 8 nitrogen and oxygen atoms in total. The van der Waals surface area contributed by atoms with Gasteiger partial charge in [-0.15, -0.1) is 0 Å². The van der Waals surface area contributed by atoms with Gasteiger partial charge >= 0.3 is 0 Å². The first-order valence-electron chi connectivity index (χ1n) is 5.54. The van der Waals surface area contributed by atoms with Gasteiger partial charge in [-0.3, -0.25) is 0 Å². The molecule has 3 aromatic heterocycles. The molecule has 4 N–H and O–H groups in total. The molecule has 0 aromatic carbocycles. The van der Waals surface area contributed by atoms with E-state index in [0.29, 0.717) is 26.8 Å². The predicted molar refractivity (Wildman–Crippen MR) is 72.6 cm³/mol. The summed E-state index contributed by atoms with van der Waals surface area (Å²) in [5.41, 5.74) is 7.46. The number of nitrogens with one attached hydrogen (secondary N) is 1. The average molecular weight is 287 g/mol. The third-order valence-electron chi connectivity index (χ3n) is 2.54. The number of rotatable bonds is 3. The molecule has 0 amide bonds. The van der Waals surface area contributed by atoms with Gasteiger partial charge in [-0.2, -0.15) is 0 Å². The quantitative estimate of drug-likeness (QED) is 0.215. The number of oxime groups is 1. The van der Waals surface area contributed by atoms with Crippen LogP contribution >= 0.6 is 11.8 Å². The molecule has 0 atom stereocenters. The zero-order valence-corrected chi connectivity index (χ0v) is 10.9. The number of amidine groups is 1. The van der Waals surface area contributed by atoms with Crippen LogP contribution in [0.15, 0.2) is 46.2 Å². The van der Waals surface area contributed by atoms with Gasteiger partial charge in [0.2, 0.25) is 0 Å². The Labute approximate surface area is 117 Å². The SMILES string of the molecule is NC(=NO)c1cccnc1Sc1ncnc2nc[nH]c12. The molecule has 20 heavy (non-hydrogen) atoms. The Hall–Kier alpha value is -2.68. The Kier molecular flexibility index (Phi) is 3.17. The summed E-state index contributed by atoms with van der Waals surface area (Å²) >= 11 is 1.29. The average Bonchev–Trinajstić information content (AvgIpc) is 2.96. The number of hydrogen-bond acceptors (Lipinski definition) is 7. The van der Waals surface area contributed by atoms with Crippen LogP contribution in [0.3, 0.4) is 0 Å². The van der Waals surface area contributed by atoms with Gasteiger partial charge in [0.05, 0.1) is 11.9 Å². The van der Waals surface area contributed by atoms with Gasteiger partial charge in [0.1, 0.15) is 21.9 Å². The summed E-state index contributed by atoms with van der Waals surface area (Å²) in [6, 6.07) is 3.43. The molecule has 3 rings (SSSR count). The molecule has 3 heterocycles. The monoisotopic (exact) mass is 287 g/mol. The molecule has 0 aliphatic rings. The number of aromatic nitrogens is 5. The minimum atomic E-state index is -0.00416. The van der Waals surface area contributed by atoms with E-state index in [4.69, 9.17) is 10.9 Å². The summed E-state index contributed by atoms with van der Waals surface area (Å²) in [7, 11) is 0. The number of fused-ring (bicyclic) bond motifs is 1. The Bertz CT molecular complexity index is 785. The lowest BCUT2D eigenvalue weighted by molar-refractivity contribution is 0.318. The molecular weight excluding hydrogens is 278 g/mol.